The van der Waals surface area contributed by atoms with Gasteiger partial charge in [-0.15, -0.1) is 11.3 Å². The van der Waals surface area contributed by atoms with Crippen LogP contribution in [-0.2, 0) is 11.3 Å². The molecule has 0 unspecified atom stereocenters. The number of furan rings is 1. The molecular weight excluding hydrogens is 372 g/mol. The van der Waals surface area contributed by atoms with E-state index in [1.54, 1.807) is 17.5 Å². The monoisotopic (exact) mass is 386 g/mol. The number of nitro benzene ring substituents is 1. The number of nitro groups is 1. The lowest BCUT2D eigenvalue weighted by molar-refractivity contribution is -0.384. The van der Waals surface area contributed by atoms with E-state index in [0.29, 0.717) is 22.3 Å². The maximum atomic E-state index is 12.3. The topological polar surface area (TPSA) is 127 Å². The molecule has 2 aromatic heterocycles. The minimum atomic E-state index is -0.562. The van der Waals surface area contributed by atoms with Gasteiger partial charge in [-0.3, -0.25) is 25.0 Å². The van der Waals surface area contributed by atoms with E-state index in [2.05, 4.69) is 15.6 Å². The number of carbonyl (C=O) groups excluding carboxylic acids is 2. The molecule has 0 bridgehead atoms. The van der Waals surface area contributed by atoms with Gasteiger partial charge in [0.2, 0.25) is 5.91 Å². The quantitative estimate of drug-likeness (QED) is 0.495. The molecule has 27 heavy (non-hydrogen) atoms. The number of amides is 2. The number of non-ortho nitro benzene ring substituents is 1. The minimum Gasteiger partial charge on any atom is -0.458 e. The third kappa shape index (κ3) is 4.55. The average molecular weight is 386 g/mol. The second-order valence-electron chi connectivity index (χ2n) is 5.48. The van der Waals surface area contributed by atoms with Gasteiger partial charge < -0.3 is 9.73 Å². The Labute approximate surface area is 157 Å². The Morgan fingerprint density at radius 3 is 2.85 bits per heavy atom. The average Bonchev–Trinajstić information content (AvgIpc) is 3.29. The second kappa shape index (κ2) is 7.79. The summed E-state index contributed by atoms with van der Waals surface area (Å²) in [5, 5.41) is 18.1. The van der Waals surface area contributed by atoms with Crippen LogP contribution in [0.4, 0.5) is 10.8 Å². The number of thiazole rings is 1. The van der Waals surface area contributed by atoms with Crippen molar-refractivity contribution in [3.05, 3.63) is 63.2 Å². The van der Waals surface area contributed by atoms with E-state index in [1.807, 2.05) is 0 Å². The molecule has 2 amide bonds. The summed E-state index contributed by atoms with van der Waals surface area (Å²) in [6.45, 7) is 1.69. The number of anilines is 1. The van der Waals surface area contributed by atoms with Gasteiger partial charge >= 0.3 is 0 Å². The number of hydrogen-bond acceptors (Lipinski definition) is 7. The zero-order valence-electron chi connectivity index (χ0n) is 14.1. The predicted octanol–water partition coefficient (Wildman–Crippen LogP) is 3.20. The van der Waals surface area contributed by atoms with Crippen molar-refractivity contribution in [3.8, 4) is 11.5 Å². The zero-order chi connectivity index (χ0) is 19.4. The van der Waals surface area contributed by atoms with Gasteiger partial charge in [0.05, 0.1) is 11.5 Å². The lowest BCUT2D eigenvalue weighted by Gasteiger charge is -2.01. The third-order valence-corrected chi connectivity index (χ3v) is 4.23. The fourth-order valence-corrected chi connectivity index (χ4v) is 2.89. The Hall–Kier alpha value is -3.53. The largest absolute Gasteiger partial charge is 0.458 e. The van der Waals surface area contributed by atoms with Crippen molar-refractivity contribution < 1.29 is 18.9 Å². The highest BCUT2D eigenvalue weighted by atomic mass is 32.1. The molecule has 3 rings (SSSR count). The third-order valence-electron chi connectivity index (χ3n) is 3.47. The number of aromatic nitrogens is 1. The van der Waals surface area contributed by atoms with Crippen LogP contribution < -0.4 is 10.6 Å². The lowest BCUT2D eigenvalue weighted by Crippen LogP contribution is -2.18. The van der Waals surface area contributed by atoms with Crippen LogP contribution in [0.3, 0.4) is 0 Å². The van der Waals surface area contributed by atoms with Crippen molar-refractivity contribution in [3.63, 3.8) is 0 Å². The molecule has 0 aliphatic rings. The first kappa shape index (κ1) is 18.3. The normalized spacial score (nSPS) is 10.4. The zero-order valence-corrected chi connectivity index (χ0v) is 14.9. The minimum absolute atomic E-state index is 0.159. The summed E-state index contributed by atoms with van der Waals surface area (Å²) in [4.78, 5) is 37.7. The van der Waals surface area contributed by atoms with Gasteiger partial charge in [-0.25, -0.2) is 4.98 Å². The first-order valence-corrected chi connectivity index (χ1v) is 8.65. The van der Waals surface area contributed by atoms with Gasteiger partial charge in [-0.05, 0) is 18.2 Å². The smallest absolute Gasteiger partial charge is 0.270 e. The lowest BCUT2D eigenvalue weighted by atomic mass is 10.2. The van der Waals surface area contributed by atoms with E-state index in [-0.39, 0.29) is 23.7 Å². The molecule has 0 saturated heterocycles. The van der Waals surface area contributed by atoms with Crippen LogP contribution in [0.15, 0.2) is 46.2 Å². The fraction of sp³-hybridized carbons (Fsp3) is 0.118. The molecule has 3 aromatic rings. The number of hydrogen-bond donors (Lipinski definition) is 2. The van der Waals surface area contributed by atoms with Gasteiger partial charge in [0.25, 0.3) is 11.6 Å². The van der Waals surface area contributed by atoms with Crippen LogP contribution in [-0.4, -0.2) is 21.7 Å². The summed E-state index contributed by atoms with van der Waals surface area (Å²) < 4.78 is 5.61. The molecular formula is C17H14N4O5S. The predicted molar refractivity (Wildman–Crippen MR) is 98.4 cm³/mol. The maximum absolute atomic E-state index is 12.3. The summed E-state index contributed by atoms with van der Waals surface area (Å²) in [5.41, 5.74) is 0.532. The number of carbonyl (C=O) groups is 2. The van der Waals surface area contributed by atoms with Crippen LogP contribution in [0.2, 0.25) is 0 Å². The van der Waals surface area contributed by atoms with Gasteiger partial charge in [-0.2, -0.15) is 0 Å². The molecule has 138 valence electrons. The van der Waals surface area contributed by atoms with E-state index >= 15 is 0 Å². The van der Waals surface area contributed by atoms with E-state index in [0.717, 1.165) is 0 Å². The summed E-state index contributed by atoms with van der Waals surface area (Å²) in [5.74, 6) is 0.427. The summed E-state index contributed by atoms with van der Waals surface area (Å²) in [7, 11) is 0. The van der Waals surface area contributed by atoms with Crippen molar-refractivity contribution >= 4 is 34.0 Å². The molecule has 10 heteroatoms. The van der Waals surface area contributed by atoms with Crippen LogP contribution in [0.5, 0.6) is 0 Å². The first-order valence-electron chi connectivity index (χ1n) is 7.77. The molecule has 0 saturated carbocycles. The van der Waals surface area contributed by atoms with Crippen LogP contribution in [0.25, 0.3) is 11.5 Å². The SMILES string of the molecule is CC(=O)NCc1ccc(-c2csc(NC(=O)c3cccc([N+](=O)[O-])c3)n2)o1. The van der Waals surface area contributed by atoms with E-state index < -0.39 is 10.8 Å². The molecule has 2 heterocycles. The second-order valence-corrected chi connectivity index (χ2v) is 6.33. The molecule has 0 aliphatic heterocycles. The van der Waals surface area contributed by atoms with Crippen molar-refractivity contribution in [2.75, 3.05) is 5.32 Å². The van der Waals surface area contributed by atoms with Gasteiger partial charge in [0.15, 0.2) is 10.9 Å². The number of rotatable bonds is 6. The van der Waals surface area contributed by atoms with Crippen molar-refractivity contribution in [2.45, 2.75) is 13.5 Å². The highest BCUT2D eigenvalue weighted by molar-refractivity contribution is 7.14. The van der Waals surface area contributed by atoms with E-state index in [1.165, 1.54) is 42.5 Å². The highest BCUT2D eigenvalue weighted by Crippen LogP contribution is 2.27. The molecule has 0 fully saturated rings. The summed E-state index contributed by atoms with van der Waals surface area (Å²) in [6.07, 6.45) is 0. The summed E-state index contributed by atoms with van der Waals surface area (Å²) >= 11 is 1.20. The maximum Gasteiger partial charge on any atom is 0.270 e. The fourth-order valence-electron chi connectivity index (χ4n) is 2.20. The molecule has 9 nitrogen and oxygen atoms in total. The van der Waals surface area contributed by atoms with Gasteiger partial charge in [0.1, 0.15) is 11.5 Å². The van der Waals surface area contributed by atoms with Crippen molar-refractivity contribution in [2.24, 2.45) is 0 Å². The van der Waals surface area contributed by atoms with Crippen molar-refractivity contribution in [1.29, 1.82) is 0 Å². The first-order chi connectivity index (χ1) is 12.9. The molecule has 0 atom stereocenters. The molecule has 2 N–H and O–H groups in total. The van der Waals surface area contributed by atoms with Crippen LogP contribution in [0.1, 0.15) is 23.0 Å². The van der Waals surface area contributed by atoms with Gasteiger partial charge in [-0.1, -0.05) is 6.07 Å². The van der Waals surface area contributed by atoms with Crippen LogP contribution >= 0.6 is 11.3 Å². The van der Waals surface area contributed by atoms with E-state index in [4.69, 9.17) is 4.42 Å². The van der Waals surface area contributed by atoms with Crippen LogP contribution in [0, 0.1) is 10.1 Å². The number of nitrogens with zero attached hydrogens (tertiary/aromatic N) is 2. The number of benzene rings is 1. The Morgan fingerprint density at radius 2 is 2.11 bits per heavy atom. The molecule has 1 aromatic carbocycles. The molecule has 0 aliphatic carbocycles. The Morgan fingerprint density at radius 1 is 1.30 bits per heavy atom. The molecule has 0 spiro atoms. The Kier molecular flexibility index (Phi) is 5.27. The van der Waals surface area contributed by atoms with Gasteiger partial charge in [0, 0.05) is 30.0 Å². The Balaban J connectivity index is 1.69. The molecule has 0 radical (unpaired) electrons. The Bertz CT molecular complexity index is 1010. The van der Waals surface area contributed by atoms with E-state index in [9.17, 15) is 19.7 Å². The standard InChI is InChI=1S/C17H14N4O5S/c1-10(22)18-8-13-5-6-15(26-13)14-9-27-17(19-14)20-16(23)11-3-2-4-12(7-11)21(24)25/h2-7,9H,8H2,1H3,(H,18,22)(H,19,20,23). The summed E-state index contributed by atoms with van der Waals surface area (Å²) in [6, 6.07) is 8.89. The van der Waals surface area contributed by atoms with Crippen molar-refractivity contribution in [1.82, 2.24) is 10.3 Å². The number of nitrogens with one attached hydrogen (secondary N) is 2. The highest BCUT2D eigenvalue weighted by Gasteiger charge is 2.14.